The van der Waals surface area contributed by atoms with Crippen molar-refractivity contribution in [1.82, 2.24) is 15.1 Å². The molecular weight excluding hydrogens is 258 g/mol. The molecule has 1 N–H and O–H groups in total. The predicted molar refractivity (Wildman–Crippen MR) is 88.7 cm³/mol. The molecule has 0 fully saturated rings. The molecule has 1 unspecified atom stereocenters. The van der Waals surface area contributed by atoms with E-state index in [1.807, 2.05) is 36.1 Å². The Labute approximate surface area is 128 Å². The van der Waals surface area contributed by atoms with Crippen LogP contribution in [0.5, 0.6) is 0 Å². The van der Waals surface area contributed by atoms with E-state index in [9.17, 15) is 0 Å². The molecule has 0 radical (unpaired) electrons. The summed E-state index contributed by atoms with van der Waals surface area (Å²) in [7, 11) is 2.03. The topological polar surface area (TPSA) is 29.9 Å². The second-order valence-electron chi connectivity index (χ2n) is 5.56. The molecule has 0 aliphatic heterocycles. The Hall–Kier alpha value is -1.61. The van der Waals surface area contributed by atoms with Gasteiger partial charge in [0.25, 0.3) is 0 Å². The fourth-order valence-corrected chi connectivity index (χ4v) is 2.64. The molecule has 0 bridgehead atoms. The third-order valence-electron chi connectivity index (χ3n) is 3.93. The number of nitrogens with zero attached hydrogens (tertiary/aromatic N) is 2. The summed E-state index contributed by atoms with van der Waals surface area (Å²) in [4.78, 5) is 0. The number of hydrogen-bond donors (Lipinski definition) is 1. The molecule has 0 spiro atoms. The lowest BCUT2D eigenvalue weighted by Crippen LogP contribution is -2.17. The summed E-state index contributed by atoms with van der Waals surface area (Å²) in [5, 5.41) is 8.12. The van der Waals surface area contributed by atoms with Crippen LogP contribution in [0.25, 0.3) is 5.69 Å². The summed E-state index contributed by atoms with van der Waals surface area (Å²) in [6, 6.07) is 12.8. The number of benzene rings is 1. The summed E-state index contributed by atoms with van der Waals surface area (Å²) in [5.41, 5.74) is 2.25. The van der Waals surface area contributed by atoms with Crippen molar-refractivity contribution in [1.29, 1.82) is 0 Å². The highest BCUT2D eigenvalue weighted by atomic mass is 15.3. The predicted octanol–water partition coefficient (Wildman–Crippen LogP) is 4.49. The highest BCUT2D eigenvalue weighted by Gasteiger charge is 2.12. The van der Waals surface area contributed by atoms with Crippen LogP contribution in [0.4, 0.5) is 0 Å². The molecule has 1 heterocycles. The standard InChI is InChI=1S/C18H27N3/c1-3-4-5-6-10-13-17(19-2)18-14-15-21(20-18)16-11-8-7-9-12-16/h7-9,11-12,14-15,17,19H,3-6,10,13H2,1-2H3. The zero-order valence-electron chi connectivity index (χ0n) is 13.3. The van der Waals surface area contributed by atoms with Gasteiger partial charge in [0.15, 0.2) is 0 Å². The van der Waals surface area contributed by atoms with Gasteiger partial charge in [-0.25, -0.2) is 4.68 Å². The second kappa shape index (κ2) is 8.63. The molecule has 1 aromatic carbocycles. The highest BCUT2D eigenvalue weighted by Crippen LogP contribution is 2.19. The minimum atomic E-state index is 0.358. The van der Waals surface area contributed by atoms with E-state index in [0.717, 1.165) is 17.8 Å². The quantitative estimate of drug-likeness (QED) is 0.688. The maximum atomic E-state index is 4.72. The maximum absolute atomic E-state index is 4.72. The van der Waals surface area contributed by atoms with E-state index in [1.165, 1.54) is 32.1 Å². The van der Waals surface area contributed by atoms with Crippen LogP contribution in [0, 0.1) is 0 Å². The monoisotopic (exact) mass is 285 g/mol. The number of hydrogen-bond acceptors (Lipinski definition) is 2. The van der Waals surface area contributed by atoms with E-state index >= 15 is 0 Å². The number of aromatic nitrogens is 2. The fraction of sp³-hybridized carbons (Fsp3) is 0.500. The summed E-state index contributed by atoms with van der Waals surface area (Å²) in [6.07, 6.45) is 9.81. The summed E-state index contributed by atoms with van der Waals surface area (Å²) in [6.45, 7) is 2.26. The molecule has 3 heteroatoms. The zero-order chi connectivity index (χ0) is 14.9. The van der Waals surface area contributed by atoms with Crippen molar-refractivity contribution >= 4 is 0 Å². The summed E-state index contributed by atoms with van der Waals surface area (Å²) < 4.78 is 1.96. The van der Waals surface area contributed by atoms with E-state index in [0.29, 0.717) is 6.04 Å². The Morgan fingerprint density at radius 3 is 2.52 bits per heavy atom. The normalized spacial score (nSPS) is 12.5. The van der Waals surface area contributed by atoms with Crippen molar-refractivity contribution in [3.05, 3.63) is 48.3 Å². The lowest BCUT2D eigenvalue weighted by atomic mass is 10.0. The lowest BCUT2D eigenvalue weighted by molar-refractivity contribution is 0.489. The number of para-hydroxylation sites is 1. The van der Waals surface area contributed by atoms with Gasteiger partial charge in [-0.2, -0.15) is 5.10 Å². The van der Waals surface area contributed by atoms with Crippen molar-refractivity contribution in [3.8, 4) is 5.69 Å². The summed E-state index contributed by atoms with van der Waals surface area (Å²) in [5.74, 6) is 0. The molecule has 2 aromatic rings. The van der Waals surface area contributed by atoms with Crippen LogP contribution in [-0.4, -0.2) is 16.8 Å². The van der Waals surface area contributed by atoms with Gasteiger partial charge in [-0.1, -0.05) is 57.2 Å². The van der Waals surface area contributed by atoms with Crippen molar-refractivity contribution in [3.63, 3.8) is 0 Å². The van der Waals surface area contributed by atoms with Crippen LogP contribution < -0.4 is 5.32 Å². The van der Waals surface area contributed by atoms with E-state index in [1.54, 1.807) is 0 Å². The smallest absolute Gasteiger partial charge is 0.0798 e. The van der Waals surface area contributed by atoms with E-state index in [-0.39, 0.29) is 0 Å². The Balaban J connectivity index is 1.92. The van der Waals surface area contributed by atoms with Crippen LogP contribution >= 0.6 is 0 Å². The molecule has 114 valence electrons. The molecular formula is C18H27N3. The number of rotatable bonds is 9. The minimum Gasteiger partial charge on any atom is -0.312 e. The van der Waals surface area contributed by atoms with Gasteiger partial charge in [-0.3, -0.25) is 0 Å². The molecule has 0 aliphatic carbocycles. The summed E-state index contributed by atoms with van der Waals surface area (Å²) >= 11 is 0. The van der Waals surface area contributed by atoms with Gasteiger partial charge in [0.2, 0.25) is 0 Å². The Bertz CT molecular complexity index is 504. The average Bonchev–Trinajstić information content (AvgIpc) is 3.01. The molecule has 21 heavy (non-hydrogen) atoms. The maximum Gasteiger partial charge on any atom is 0.0798 e. The van der Waals surface area contributed by atoms with Gasteiger partial charge in [-0.15, -0.1) is 0 Å². The van der Waals surface area contributed by atoms with Crippen molar-refractivity contribution in [2.24, 2.45) is 0 Å². The molecule has 0 saturated heterocycles. The van der Waals surface area contributed by atoms with Crippen LogP contribution in [0.15, 0.2) is 42.6 Å². The van der Waals surface area contributed by atoms with Crippen LogP contribution in [-0.2, 0) is 0 Å². The molecule has 1 atom stereocenters. The Morgan fingerprint density at radius 1 is 1.05 bits per heavy atom. The molecule has 0 amide bonds. The first kappa shape index (κ1) is 15.8. The SMILES string of the molecule is CCCCCCCC(NC)c1ccn(-c2ccccc2)n1. The number of unbranched alkanes of at least 4 members (excludes halogenated alkanes) is 4. The zero-order valence-corrected chi connectivity index (χ0v) is 13.3. The highest BCUT2D eigenvalue weighted by molar-refractivity contribution is 5.30. The van der Waals surface area contributed by atoms with Crippen LogP contribution in [0.1, 0.15) is 57.2 Å². The first-order chi connectivity index (χ1) is 10.3. The third kappa shape index (κ3) is 4.71. The second-order valence-corrected chi connectivity index (χ2v) is 5.56. The first-order valence-corrected chi connectivity index (χ1v) is 8.13. The van der Waals surface area contributed by atoms with E-state index in [4.69, 9.17) is 5.10 Å². The lowest BCUT2D eigenvalue weighted by Gasteiger charge is -2.13. The van der Waals surface area contributed by atoms with Gasteiger partial charge in [0, 0.05) is 6.20 Å². The van der Waals surface area contributed by atoms with Gasteiger partial charge in [0.1, 0.15) is 0 Å². The van der Waals surface area contributed by atoms with E-state index in [2.05, 4.69) is 30.4 Å². The van der Waals surface area contributed by atoms with Crippen molar-refractivity contribution in [2.75, 3.05) is 7.05 Å². The fourth-order valence-electron chi connectivity index (χ4n) is 2.64. The van der Waals surface area contributed by atoms with Crippen molar-refractivity contribution in [2.45, 2.75) is 51.5 Å². The van der Waals surface area contributed by atoms with E-state index < -0.39 is 0 Å². The van der Waals surface area contributed by atoms with Gasteiger partial charge < -0.3 is 5.32 Å². The molecule has 3 nitrogen and oxygen atoms in total. The van der Waals surface area contributed by atoms with Crippen molar-refractivity contribution < 1.29 is 0 Å². The van der Waals surface area contributed by atoms with Gasteiger partial charge >= 0.3 is 0 Å². The largest absolute Gasteiger partial charge is 0.312 e. The average molecular weight is 285 g/mol. The minimum absolute atomic E-state index is 0.358. The number of nitrogens with one attached hydrogen (secondary N) is 1. The van der Waals surface area contributed by atoms with Crippen LogP contribution in [0.3, 0.4) is 0 Å². The molecule has 1 aromatic heterocycles. The van der Waals surface area contributed by atoms with Gasteiger partial charge in [0.05, 0.1) is 17.4 Å². The third-order valence-corrected chi connectivity index (χ3v) is 3.93. The Morgan fingerprint density at radius 2 is 1.81 bits per heavy atom. The molecule has 2 rings (SSSR count). The van der Waals surface area contributed by atoms with Gasteiger partial charge in [-0.05, 0) is 31.7 Å². The Kier molecular flexibility index (Phi) is 6.48. The molecule has 0 aliphatic rings. The molecule has 0 saturated carbocycles. The van der Waals surface area contributed by atoms with Crippen LogP contribution in [0.2, 0.25) is 0 Å². The first-order valence-electron chi connectivity index (χ1n) is 8.13.